The van der Waals surface area contributed by atoms with Crippen LogP contribution in [0.25, 0.3) is 0 Å². The molecule has 2 heterocycles. The molecule has 0 radical (unpaired) electrons. The van der Waals surface area contributed by atoms with Crippen molar-refractivity contribution in [2.75, 3.05) is 27.4 Å². The van der Waals surface area contributed by atoms with Crippen LogP contribution in [0.4, 0.5) is 0 Å². The van der Waals surface area contributed by atoms with Gasteiger partial charge in [0.15, 0.2) is 0 Å². The summed E-state index contributed by atoms with van der Waals surface area (Å²) in [6, 6.07) is 0.105. The fraction of sp³-hybridized carbons (Fsp3) is 1.00. The Morgan fingerprint density at radius 2 is 2.31 bits per heavy atom. The van der Waals surface area contributed by atoms with Gasteiger partial charge in [0.2, 0.25) is 0 Å². The van der Waals surface area contributed by atoms with Crippen LogP contribution >= 0.6 is 0 Å². The molecule has 2 aliphatic heterocycles. The molecule has 4 atom stereocenters. The zero-order chi connectivity index (χ0) is 9.47. The molecule has 2 saturated heterocycles. The number of rotatable bonds is 3. The van der Waals surface area contributed by atoms with E-state index in [-0.39, 0.29) is 23.8 Å². The fourth-order valence-electron chi connectivity index (χ4n) is 2.38. The lowest BCUT2D eigenvalue weighted by molar-refractivity contribution is -0.144. The molecule has 0 spiro atoms. The Hall–Kier alpha value is -0.0951. The second-order valence-corrected chi connectivity index (χ2v) is 3.75. The Kier molecular flexibility index (Phi) is 2.36. The van der Waals surface area contributed by atoms with Crippen LogP contribution in [0.15, 0.2) is 0 Å². The second-order valence-electron chi connectivity index (χ2n) is 3.75. The summed E-state index contributed by atoms with van der Waals surface area (Å²) in [7, 11) is 5.37. The van der Waals surface area contributed by atoms with Gasteiger partial charge in [-0.1, -0.05) is 0 Å². The largest absolute Gasteiger partial charge is 0.381 e. The summed E-state index contributed by atoms with van der Waals surface area (Å²) in [5, 5.41) is 0. The molecule has 2 fully saturated rings. The molecule has 74 valence electrons. The van der Waals surface area contributed by atoms with Crippen molar-refractivity contribution in [3.63, 3.8) is 0 Å². The van der Waals surface area contributed by atoms with Crippen LogP contribution in [-0.2, 0) is 18.9 Å². The third-order valence-electron chi connectivity index (χ3n) is 2.86. The number of fused-ring (bicyclic) bond motifs is 2. The van der Waals surface area contributed by atoms with Crippen LogP contribution < -0.4 is 0 Å². The highest BCUT2D eigenvalue weighted by atomic mass is 16.7. The highest BCUT2D eigenvalue weighted by Crippen LogP contribution is 2.40. The Bertz CT molecular complexity index is 201. The number of ether oxygens (including phenoxy) is 4. The van der Waals surface area contributed by atoms with Gasteiger partial charge in [0.25, 0.3) is 0 Å². The quantitative estimate of drug-likeness (QED) is 0.517. The zero-order valence-electron chi connectivity index (χ0n) is 8.28. The Labute approximate surface area is 78.9 Å². The van der Waals surface area contributed by atoms with Crippen molar-refractivity contribution in [2.24, 2.45) is 0 Å². The summed E-state index contributed by atoms with van der Waals surface area (Å²) >= 11 is 0. The van der Waals surface area contributed by atoms with E-state index < -0.39 is 0 Å². The Morgan fingerprint density at radius 3 is 2.85 bits per heavy atom. The number of methoxy groups -OCH3 is 2. The van der Waals surface area contributed by atoms with Crippen LogP contribution in [-0.4, -0.2) is 59.1 Å². The molecule has 2 rings (SSSR count). The lowest BCUT2D eigenvalue weighted by Gasteiger charge is -2.29. The maximum Gasteiger partial charge on any atom is 0.143 e. The second kappa shape index (κ2) is 3.24. The van der Waals surface area contributed by atoms with Crippen LogP contribution in [0.2, 0.25) is 0 Å². The minimum Gasteiger partial charge on any atom is -0.381 e. The van der Waals surface area contributed by atoms with E-state index in [1.165, 1.54) is 0 Å². The van der Waals surface area contributed by atoms with Crippen molar-refractivity contribution in [3.8, 4) is 0 Å². The maximum atomic E-state index is 5.82. The van der Waals surface area contributed by atoms with E-state index in [0.29, 0.717) is 13.2 Å². The smallest absolute Gasteiger partial charge is 0.143 e. The molecule has 0 aromatic rings. The molecule has 0 aromatic heterocycles. The van der Waals surface area contributed by atoms with Crippen molar-refractivity contribution in [1.29, 1.82) is 0 Å². The van der Waals surface area contributed by atoms with Crippen LogP contribution in [0.5, 0.6) is 0 Å². The van der Waals surface area contributed by atoms with Gasteiger partial charge >= 0.3 is 0 Å². The van der Waals surface area contributed by atoms with Gasteiger partial charge < -0.3 is 18.9 Å². The van der Waals surface area contributed by atoms with E-state index in [1.54, 1.807) is 14.2 Å². The van der Waals surface area contributed by atoms with Crippen molar-refractivity contribution in [1.82, 2.24) is 0 Å². The molecule has 2 unspecified atom stereocenters. The standard InChI is InChI=1S/C8H15BO4/c1-10-3-8-4-12-5(6(8)11-2)7(9)13-8/h5-7H,3-4,9H2,1-2H3/t5?,6?,7-,8+/m1/s1. The van der Waals surface area contributed by atoms with Crippen molar-refractivity contribution in [2.45, 2.75) is 23.8 Å². The van der Waals surface area contributed by atoms with E-state index in [4.69, 9.17) is 18.9 Å². The average molecular weight is 186 g/mol. The summed E-state index contributed by atoms with van der Waals surface area (Å²) in [6.07, 6.45) is 0.0857. The molecule has 0 N–H and O–H groups in total. The highest BCUT2D eigenvalue weighted by Gasteiger charge is 2.60. The van der Waals surface area contributed by atoms with Gasteiger partial charge in [-0.25, -0.2) is 0 Å². The Morgan fingerprint density at radius 1 is 1.54 bits per heavy atom. The van der Waals surface area contributed by atoms with Crippen molar-refractivity contribution < 1.29 is 18.9 Å². The summed E-state index contributed by atoms with van der Waals surface area (Å²) in [4.78, 5) is 0. The van der Waals surface area contributed by atoms with Gasteiger partial charge in [-0.3, -0.25) is 0 Å². The normalized spacial score (nSPS) is 48.6. The van der Waals surface area contributed by atoms with E-state index in [2.05, 4.69) is 0 Å². The molecule has 4 nitrogen and oxygen atoms in total. The summed E-state index contributed by atoms with van der Waals surface area (Å²) in [6.45, 7) is 1.11. The summed E-state index contributed by atoms with van der Waals surface area (Å²) in [5.41, 5.74) is -0.367. The first-order valence-corrected chi connectivity index (χ1v) is 4.54. The number of hydrogen-bond acceptors (Lipinski definition) is 4. The fourth-order valence-corrected chi connectivity index (χ4v) is 2.38. The predicted molar refractivity (Wildman–Crippen MR) is 48.6 cm³/mol. The van der Waals surface area contributed by atoms with E-state index in [1.807, 2.05) is 7.85 Å². The molecule has 0 aliphatic carbocycles. The molecule has 0 saturated carbocycles. The van der Waals surface area contributed by atoms with E-state index in [0.717, 1.165) is 0 Å². The Balaban J connectivity index is 2.17. The number of hydrogen-bond donors (Lipinski definition) is 0. The third-order valence-corrected chi connectivity index (χ3v) is 2.86. The lowest BCUT2D eigenvalue weighted by Crippen LogP contribution is -2.45. The molecular weight excluding hydrogens is 171 g/mol. The predicted octanol–water partition coefficient (Wildman–Crippen LogP) is -1.23. The lowest BCUT2D eigenvalue weighted by atomic mass is 9.92. The van der Waals surface area contributed by atoms with Gasteiger partial charge in [0, 0.05) is 14.2 Å². The van der Waals surface area contributed by atoms with Gasteiger partial charge in [0.05, 0.1) is 19.2 Å². The van der Waals surface area contributed by atoms with Crippen LogP contribution in [0.1, 0.15) is 0 Å². The monoisotopic (exact) mass is 186 g/mol. The SMILES string of the molecule is B[C@@H]1O[C@@]2(COC)COC1C2OC. The van der Waals surface area contributed by atoms with Gasteiger partial charge in [0.1, 0.15) is 25.7 Å². The molecule has 2 aliphatic rings. The van der Waals surface area contributed by atoms with Crippen molar-refractivity contribution >= 4 is 7.85 Å². The molecule has 2 bridgehead atoms. The molecular formula is C8H15BO4. The minimum absolute atomic E-state index is 0.0162. The third kappa shape index (κ3) is 1.22. The van der Waals surface area contributed by atoms with Gasteiger partial charge in [-0.15, -0.1) is 0 Å². The minimum atomic E-state index is -0.367. The van der Waals surface area contributed by atoms with E-state index in [9.17, 15) is 0 Å². The van der Waals surface area contributed by atoms with E-state index >= 15 is 0 Å². The van der Waals surface area contributed by atoms with Crippen LogP contribution in [0.3, 0.4) is 0 Å². The highest BCUT2D eigenvalue weighted by molar-refractivity contribution is 6.11. The maximum absolute atomic E-state index is 5.82. The molecule has 13 heavy (non-hydrogen) atoms. The summed E-state index contributed by atoms with van der Waals surface area (Å²) < 4.78 is 21.9. The topological polar surface area (TPSA) is 36.9 Å². The molecule has 5 heteroatoms. The van der Waals surface area contributed by atoms with Crippen LogP contribution in [0, 0.1) is 0 Å². The molecule has 0 aromatic carbocycles. The van der Waals surface area contributed by atoms with Gasteiger partial charge in [-0.05, 0) is 0 Å². The molecule has 0 amide bonds. The zero-order valence-corrected chi connectivity index (χ0v) is 8.28. The first kappa shape index (κ1) is 9.46. The average Bonchev–Trinajstić information content (AvgIpc) is 2.55. The summed E-state index contributed by atoms with van der Waals surface area (Å²) in [5.74, 6) is 0. The first-order chi connectivity index (χ1) is 6.23. The first-order valence-electron chi connectivity index (χ1n) is 4.54. The van der Waals surface area contributed by atoms with Crippen molar-refractivity contribution in [3.05, 3.63) is 0 Å². The van der Waals surface area contributed by atoms with Gasteiger partial charge in [-0.2, -0.15) is 0 Å².